The molecule has 0 fully saturated rings. The van der Waals surface area contributed by atoms with Gasteiger partial charge in [-0.15, -0.1) is 0 Å². The molecule has 0 spiro atoms. The van der Waals surface area contributed by atoms with E-state index in [1.807, 2.05) is 0 Å². The minimum atomic E-state index is -1.04. The number of aliphatic carboxylic acids is 1. The third-order valence-electron chi connectivity index (χ3n) is 3.31. The highest BCUT2D eigenvalue weighted by Gasteiger charge is 2.19. The largest absolute Gasteiger partial charge is 0.481 e. The van der Waals surface area contributed by atoms with Crippen molar-refractivity contribution in [1.29, 1.82) is 0 Å². The van der Waals surface area contributed by atoms with E-state index in [0.717, 1.165) is 0 Å². The molecular weight excluding hydrogens is 358 g/mol. The molecule has 0 aromatic heterocycles. The lowest BCUT2D eigenvalue weighted by Crippen LogP contribution is -2.42. The van der Waals surface area contributed by atoms with E-state index in [1.165, 1.54) is 13.8 Å². The molecule has 0 amide bonds. The molecule has 2 unspecified atom stereocenters. The predicted octanol–water partition coefficient (Wildman–Crippen LogP) is 0.114. The predicted molar refractivity (Wildman–Crippen MR) is 96.9 cm³/mol. The summed E-state index contributed by atoms with van der Waals surface area (Å²) in [5.41, 5.74) is 0.408. The second-order valence-electron chi connectivity index (χ2n) is 6.32. The molecule has 0 saturated heterocycles. The summed E-state index contributed by atoms with van der Waals surface area (Å²) in [6.45, 7) is 9.66. The van der Waals surface area contributed by atoms with Crippen LogP contribution in [0.4, 0.5) is 0 Å². The molecule has 0 aromatic carbocycles. The lowest BCUT2D eigenvalue weighted by atomic mass is 10.2. The van der Waals surface area contributed by atoms with Crippen molar-refractivity contribution >= 4 is 17.9 Å². The Bertz CT molecular complexity index is 507. The molecule has 3 N–H and O–H groups in total. The Kier molecular flexibility index (Phi) is 11.9. The highest BCUT2D eigenvalue weighted by molar-refractivity contribution is 5.87. The number of hydrogen-bond donors (Lipinski definition) is 3. The Morgan fingerprint density at radius 1 is 0.926 bits per heavy atom. The van der Waals surface area contributed by atoms with E-state index in [9.17, 15) is 24.6 Å². The average Bonchev–Trinajstić information content (AvgIpc) is 2.56. The molecule has 0 aliphatic carbocycles. The third-order valence-corrected chi connectivity index (χ3v) is 3.31. The fourth-order valence-electron chi connectivity index (χ4n) is 2.00. The lowest BCUT2D eigenvalue weighted by molar-refractivity contribution is -0.143. The van der Waals surface area contributed by atoms with E-state index in [-0.39, 0.29) is 50.4 Å². The number of rotatable bonds is 14. The van der Waals surface area contributed by atoms with E-state index in [1.54, 1.807) is 4.90 Å². The van der Waals surface area contributed by atoms with Gasteiger partial charge in [0.15, 0.2) is 0 Å². The fourth-order valence-corrected chi connectivity index (χ4v) is 2.00. The lowest BCUT2D eigenvalue weighted by Gasteiger charge is -2.27. The number of carbonyl (C=O) groups excluding carboxylic acids is 2. The van der Waals surface area contributed by atoms with Crippen molar-refractivity contribution in [2.45, 2.75) is 38.9 Å². The normalized spacial score (nSPS) is 12.9. The summed E-state index contributed by atoms with van der Waals surface area (Å²) >= 11 is 0. The molecule has 0 aliphatic rings. The zero-order chi connectivity index (χ0) is 21.0. The van der Waals surface area contributed by atoms with Gasteiger partial charge in [-0.3, -0.25) is 9.69 Å². The molecule has 0 aromatic rings. The number of carbonyl (C=O) groups is 3. The summed E-state index contributed by atoms with van der Waals surface area (Å²) in [6, 6.07) is 0. The highest BCUT2D eigenvalue weighted by atomic mass is 16.5. The van der Waals surface area contributed by atoms with Gasteiger partial charge >= 0.3 is 17.9 Å². The maximum Gasteiger partial charge on any atom is 0.333 e. The number of esters is 2. The van der Waals surface area contributed by atoms with Crippen LogP contribution in [0.1, 0.15) is 26.7 Å². The van der Waals surface area contributed by atoms with Crippen LogP contribution < -0.4 is 0 Å². The SMILES string of the molecule is C=C(C)C(=O)OCC(O)CN(CCCC(=O)O)CC(O)COC(=O)C(=C)C. The van der Waals surface area contributed by atoms with Crippen LogP contribution in [-0.2, 0) is 23.9 Å². The van der Waals surface area contributed by atoms with Crippen LogP contribution in [0.3, 0.4) is 0 Å². The first kappa shape index (κ1) is 24.8. The zero-order valence-corrected chi connectivity index (χ0v) is 15.8. The molecule has 9 nitrogen and oxygen atoms in total. The summed E-state index contributed by atoms with van der Waals surface area (Å²) < 4.78 is 9.74. The van der Waals surface area contributed by atoms with Gasteiger partial charge in [-0.2, -0.15) is 0 Å². The third kappa shape index (κ3) is 12.7. The van der Waals surface area contributed by atoms with Gasteiger partial charge in [0.1, 0.15) is 25.4 Å². The Morgan fingerprint density at radius 2 is 1.33 bits per heavy atom. The van der Waals surface area contributed by atoms with E-state index < -0.39 is 30.1 Å². The summed E-state index contributed by atoms with van der Waals surface area (Å²) in [6.07, 6.45) is -1.85. The van der Waals surface area contributed by atoms with Crippen LogP contribution in [0.2, 0.25) is 0 Å². The monoisotopic (exact) mass is 387 g/mol. The Balaban J connectivity index is 4.58. The molecule has 0 saturated carbocycles. The van der Waals surface area contributed by atoms with Crippen molar-refractivity contribution in [2.75, 3.05) is 32.8 Å². The molecule has 0 heterocycles. The number of aliphatic hydroxyl groups excluding tert-OH is 2. The molecule has 9 heteroatoms. The Hall–Kier alpha value is -2.23. The van der Waals surface area contributed by atoms with Gasteiger partial charge in [-0.25, -0.2) is 9.59 Å². The second kappa shape index (κ2) is 13.0. The van der Waals surface area contributed by atoms with E-state index >= 15 is 0 Å². The molecule has 0 bridgehead atoms. The molecule has 27 heavy (non-hydrogen) atoms. The number of carboxylic acid groups (broad SMARTS) is 1. The van der Waals surface area contributed by atoms with Crippen LogP contribution in [0.15, 0.2) is 24.3 Å². The second-order valence-corrected chi connectivity index (χ2v) is 6.32. The van der Waals surface area contributed by atoms with E-state index in [4.69, 9.17) is 14.6 Å². The maximum absolute atomic E-state index is 11.4. The maximum atomic E-state index is 11.4. The van der Waals surface area contributed by atoms with Crippen LogP contribution in [-0.4, -0.2) is 83.2 Å². The number of carboxylic acids is 1. The average molecular weight is 387 g/mol. The van der Waals surface area contributed by atoms with Gasteiger partial charge in [-0.05, 0) is 26.8 Å². The van der Waals surface area contributed by atoms with Gasteiger partial charge in [0, 0.05) is 30.7 Å². The van der Waals surface area contributed by atoms with Crippen molar-refractivity contribution in [3.8, 4) is 0 Å². The smallest absolute Gasteiger partial charge is 0.333 e. The summed E-state index contributed by atoms with van der Waals surface area (Å²) in [4.78, 5) is 35.0. The summed E-state index contributed by atoms with van der Waals surface area (Å²) in [5.74, 6) is -2.21. The van der Waals surface area contributed by atoms with Gasteiger partial charge < -0.3 is 24.8 Å². The van der Waals surface area contributed by atoms with Gasteiger partial charge in [0.25, 0.3) is 0 Å². The molecule has 154 valence electrons. The standard InChI is InChI=1S/C18H29NO8/c1-12(2)17(24)26-10-14(20)8-19(7-5-6-16(22)23)9-15(21)11-27-18(25)13(3)4/h14-15,20-21H,1,3,5-11H2,2,4H3,(H,22,23). The fraction of sp³-hybridized carbons (Fsp3) is 0.611. The van der Waals surface area contributed by atoms with Crippen LogP contribution in [0.25, 0.3) is 0 Å². The molecular formula is C18H29NO8. The number of nitrogens with zero attached hydrogens (tertiary/aromatic N) is 1. The molecule has 0 radical (unpaired) electrons. The first-order valence-corrected chi connectivity index (χ1v) is 8.48. The quantitative estimate of drug-likeness (QED) is 0.280. The zero-order valence-electron chi connectivity index (χ0n) is 15.8. The minimum absolute atomic E-state index is 0.0363. The number of ether oxygens (including phenoxy) is 2. The van der Waals surface area contributed by atoms with E-state index in [0.29, 0.717) is 6.42 Å². The topological polar surface area (TPSA) is 134 Å². The Labute approximate surface area is 158 Å². The van der Waals surface area contributed by atoms with Gasteiger partial charge in [-0.1, -0.05) is 13.2 Å². The van der Waals surface area contributed by atoms with Crippen LogP contribution >= 0.6 is 0 Å². The van der Waals surface area contributed by atoms with Crippen molar-refractivity contribution in [3.63, 3.8) is 0 Å². The Morgan fingerprint density at radius 3 is 1.67 bits per heavy atom. The van der Waals surface area contributed by atoms with Crippen LogP contribution in [0, 0.1) is 0 Å². The highest BCUT2D eigenvalue weighted by Crippen LogP contribution is 2.03. The van der Waals surface area contributed by atoms with Crippen molar-refractivity contribution in [1.82, 2.24) is 4.90 Å². The molecule has 2 atom stereocenters. The van der Waals surface area contributed by atoms with Crippen molar-refractivity contribution in [3.05, 3.63) is 24.3 Å². The van der Waals surface area contributed by atoms with E-state index in [2.05, 4.69) is 13.2 Å². The molecule has 0 rings (SSSR count). The molecule has 0 aliphatic heterocycles. The van der Waals surface area contributed by atoms with Gasteiger partial charge in [0.05, 0.1) is 0 Å². The van der Waals surface area contributed by atoms with Crippen molar-refractivity contribution < 1.29 is 39.2 Å². The van der Waals surface area contributed by atoms with Crippen LogP contribution in [0.5, 0.6) is 0 Å². The number of aliphatic hydroxyl groups is 2. The van der Waals surface area contributed by atoms with Crippen molar-refractivity contribution in [2.24, 2.45) is 0 Å². The first-order valence-electron chi connectivity index (χ1n) is 8.48. The minimum Gasteiger partial charge on any atom is -0.481 e. The first-order chi connectivity index (χ1) is 12.5. The summed E-state index contributed by atoms with van der Waals surface area (Å²) in [5, 5.41) is 28.8. The number of hydrogen-bond acceptors (Lipinski definition) is 8. The van der Waals surface area contributed by atoms with Gasteiger partial charge in [0.2, 0.25) is 0 Å². The summed E-state index contributed by atoms with van der Waals surface area (Å²) in [7, 11) is 0.